The molecule has 0 spiro atoms. The minimum absolute atomic E-state index is 0.102. The molecule has 1 saturated carbocycles. The Bertz CT molecular complexity index is 966. The van der Waals surface area contributed by atoms with E-state index in [9.17, 15) is 14.9 Å². The summed E-state index contributed by atoms with van der Waals surface area (Å²) in [6.07, 6.45) is 6.98. The Balaban J connectivity index is 1.56. The van der Waals surface area contributed by atoms with Crippen molar-refractivity contribution in [2.24, 2.45) is 0 Å². The molecular formula is C25H26N2O4. The maximum Gasteiger partial charge on any atom is 0.337 e. The molecule has 1 N–H and O–H groups in total. The lowest BCUT2D eigenvalue weighted by molar-refractivity contribution is -0.117. The number of esters is 1. The molecular weight excluding hydrogens is 392 g/mol. The molecule has 1 aliphatic carbocycles. The number of amides is 1. The highest BCUT2D eigenvalue weighted by atomic mass is 16.5. The normalized spacial score (nSPS) is 14.4. The van der Waals surface area contributed by atoms with Gasteiger partial charge in [-0.05, 0) is 54.3 Å². The van der Waals surface area contributed by atoms with E-state index in [1.54, 1.807) is 42.5 Å². The Morgan fingerprint density at radius 3 is 2.35 bits per heavy atom. The number of ether oxygens (including phenoxy) is 2. The molecule has 6 nitrogen and oxygen atoms in total. The van der Waals surface area contributed by atoms with Crippen molar-refractivity contribution in [3.8, 4) is 11.8 Å². The van der Waals surface area contributed by atoms with Crippen molar-refractivity contribution >= 4 is 18.0 Å². The Morgan fingerprint density at radius 1 is 1.06 bits per heavy atom. The molecule has 0 saturated heterocycles. The summed E-state index contributed by atoms with van der Waals surface area (Å²) in [6, 6.07) is 16.4. The average Bonchev–Trinajstić information content (AvgIpc) is 2.82. The zero-order valence-corrected chi connectivity index (χ0v) is 17.6. The van der Waals surface area contributed by atoms with Crippen molar-refractivity contribution in [3.63, 3.8) is 0 Å². The van der Waals surface area contributed by atoms with E-state index < -0.39 is 0 Å². The number of carbonyl (C=O) groups is 2. The molecule has 1 fully saturated rings. The lowest BCUT2D eigenvalue weighted by atomic mass is 9.95. The zero-order valence-electron chi connectivity index (χ0n) is 17.6. The first-order chi connectivity index (χ1) is 15.1. The van der Waals surface area contributed by atoms with E-state index in [-0.39, 0.29) is 23.5 Å². The molecule has 31 heavy (non-hydrogen) atoms. The predicted molar refractivity (Wildman–Crippen MR) is 117 cm³/mol. The first kappa shape index (κ1) is 22.1. The van der Waals surface area contributed by atoms with Crippen LogP contribution in [-0.4, -0.2) is 25.0 Å². The van der Waals surface area contributed by atoms with Crippen LogP contribution in [0.3, 0.4) is 0 Å². The molecule has 0 heterocycles. The van der Waals surface area contributed by atoms with Crippen LogP contribution in [0.15, 0.2) is 54.1 Å². The molecule has 3 rings (SSSR count). The van der Waals surface area contributed by atoms with Crippen LogP contribution in [-0.2, 0) is 16.1 Å². The monoisotopic (exact) mass is 418 g/mol. The van der Waals surface area contributed by atoms with E-state index in [1.807, 2.05) is 18.2 Å². The van der Waals surface area contributed by atoms with Crippen LogP contribution in [0.2, 0.25) is 0 Å². The molecule has 1 amide bonds. The fourth-order valence-corrected chi connectivity index (χ4v) is 3.51. The zero-order chi connectivity index (χ0) is 22.1. The lowest BCUT2D eigenvalue weighted by Gasteiger charge is -2.22. The van der Waals surface area contributed by atoms with Gasteiger partial charge >= 0.3 is 5.97 Å². The first-order valence-corrected chi connectivity index (χ1v) is 10.4. The summed E-state index contributed by atoms with van der Waals surface area (Å²) in [5, 5.41) is 12.4. The van der Waals surface area contributed by atoms with Gasteiger partial charge in [0.05, 0.1) is 12.7 Å². The number of carbonyl (C=O) groups excluding carboxylic acids is 2. The van der Waals surface area contributed by atoms with Gasteiger partial charge in [-0.1, -0.05) is 43.5 Å². The van der Waals surface area contributed by atoms with Crippen LogP contribution >= 0.6 is 0 Å². The van der Waals surface area contributed by atoms with E-state index >= 15 is 0 Å². The maximum atomic E-state index is 12.4. The number of hydrogen-bond donors (Lipinski definition) is 1. The van der Waals surface area contributed by atoms with Crippen LogP contribution in [0.4, 0.5) is 0 Å². The minimum Gasteiger partial charge on any atom is -0.489 e. The summed E-state index contributed by atoms with van der Waals surface area (Å²) in [7, 11) is 1.35. The largest absolute Gasteiger partial charge is 0.489 e. The molecule has 0 aliphatic heterocycles. The fraction of sp³-hybridized carbons (Fsp3) is 0.320. The Labute approximate surface area is 182 Å². The summed E-state index contributed by atoms with van der Waals surface area (Å²) in [4.78, 5) is 23.9. The number of hydrogen-bond acceptors (Lipinski definition) is 5. The number of benzene rings is 2. The van der Waals surface area contributed by atoms with Crippen LogP contribution in [0, 0.1) is 11.3 Å². The van der Waals surface area contributed by atoms with Gasteiger partial charge in [0.25, 0.3) is 5.91 Å². The van der Waals surface area contributed by atoms with Crippen molar-refractivity contribution in [2.75, 3.05) is 7.11 Å². The van der Waals surface area contributed by atoms with E-state index in [1.165, 1.54) is 13.5 Å². The fourth-order valence-electron chi connectivity index (χ4n) is 3.51. The van der Waals surface area contributed by atoms with Crippen molar-refractivity contribution in [1.82, 2.24) is 5.32 Å². The van der Waals surface area contributed by atoms with E-state index in [2.05, 4.69) is 10.1 Å². The minimum atomic E-state index is -0.375. The summed E-state index contributed by atoms with van der Waals surface area (Å²) in [5.41, 5.74) is 2.26. The van der Waals surface area contributed by atoms with Gasteiger partial charge in [-0.15, -0.1) is 0 Å². The van der Waals surface area contributed by atoms with Gasteiger partial charge < -0.3 is 14.8 Å². The highest BCUT2D eigenvalue weighted by molar-refractivity contribution is 6.01. The second kappa shape index (κ2) is 11.0. The van der Waals surface area contributed by atoms with Crippen molar-refractivity contribution in [3.05, 3.63) is 70.8 Å². The topological polar surface area (TPSA) is 88.4 Å². The summed E-state index contributed by atoms with van der Waals surface area (Å²) in [6.45, 7) is 0.351. The van der Waals surface area contributed by atoms with Crippen molar-refractivity contribution < 1.29 is 19.1 Å². The third kappa shape index (κ3) is 6.45. The van der Waals surface area contributed by atoms with Gasteiger partial charge in [-0.2, -0.15) is 5.26 Å². The Kier molecular flexibility index (Phi) is 7.83. The highest BCUT2D eigenvalue weighted by Crippen LogP contribution is 2.19. The van der Waals surface area contributed by atoms with Gasteiger partial charge in [0.15, 0.2) is 0 Å². The number of rotatable bonds is 7. The highest BCUT2D eigenvalue weighted by Gasteiger charge is 2.18. The van der Waals surface area contributed by atoms with E-state index in [0.29, 0.717) is 17.9 Å². The van der Waals surface area contributed by atoms with E-state index in [4.69, 9.17) is 4.74 Å². The molecule has 0 unspecified atom stereocenters. The van der Waals surface area contributed by atoms with Crippen molar-refractivity contribution in [1.29, 1.82) is 5.26 Å². The SMILES string of the molecule is COC(=O)c1ccc(COc2ccc(/C=C(\C#N)C(=O)NC3CCCCC3)cc2)cc1. The number of nitrogens with zero attached hydrogens (tertiary/aromatic N) is 1. The molecule has 2 aromatic carbocycles. The summed E-state index contributed by atoms with van der Waals surface area (Å²) in [5.74, 6) is -0.0234. The third-order valence-corrected chi connectivity index (χ3v) is 5.28. The second-order valence-corrected chi connectivity index (χ2v) is 7.52. The number of nitriles is 1. The van der Waals surface area contributed by atoms with E-state index in [0.717, 1.165) is 36.8 Å². The number of methoxy groups -OCH3 is 1. The molecule has 6 heteroatoms. The van der Waals surface area contributed by atoms with Crippen LogP contribution in [0.5, 0.6) is 5.75 Å². The van der Waals surface area contributed by atoms with Crippen LogP contribution in [0.25, 0.3) is 6.08 Å². The quantitative estimate of drug-likeness (QED) is 0.409. The smallest absolute Gasteiger partial charge is 0.337 e. The third-order valence-electron chi connectivity index (χ3n) is 5.28. The average molecular weight is 418 g/mol. The van der Waals surface area contributed by atoms with Crippen molar-refractivity contribution in [2.45, 2.75) is 44.8 Å². The second-order valence-electron chi connectivity index (χ2n) is 7.52. The van der Waals surface area contributed by atoms with Crippen LogP contribution < -0.4 is 10.1 Å². The van der Waals surface area contributed by atoms with Gasteiger partial charge in [0.1, 0.15) is 24.0 Å². The molecule has 0 bridgehead atoms. The lowest BCUT2D eigenvalue weighted by Crippen LogP contribution is -2.36. The molecule has 0 radical (unpaired) electrons. The van der Waals surface area contributed by atoms with Crippen LogP contribution in [0.1, 0.15) is 53.6 Å². The standard InChI is InChI=1S/C25H26N2O4/c1-30-25(29)20-11-7-19(8-12-20)17-31-23-13-9-18(10-14-23)15-21(16-26)24(28)27-22-5-3-2-4-6-22/h7-15,22H,2-6,17H2,1H3,(H,27,28)/b21-15+. The van der Waals surface area contributed by atoms with Gasteiger partial charge in [0, 0.05) is 6.04 Å². The predicted octanol–water partition coefficient (Wildman–Crippen LogP) is 4.41. The Morgan fingerprint density at radius 2 is 1.74 bits per heavy atom. The number of nitrogens with one attached hydrogen (secondary N) is 1. The molecule has 0 atom stereocenters. The summed E-state index contributed by atoms with van der Waals surface area (Å²) < 4.78 is 10.5. The summed E-state index contributed by atoms with van der Waals surface area (Å²) >= 11 is 0. The molecule has 0 aromatic heterocycles. The molecule has 160 valence electrons. The maximum absolute atomic E-state index is 12.4. The van der Waals surface area contributed by atoms with Gasteiger partial charge in [0.2, 0.25) is 0 Å². The molecule has 1 aliphatic rings. The Hall–Kier alpha value is -3.59. The van der Waals surface area contributed by atoms with Gasteiger partial charge in [-0.3, -0.25) is 4.79 Å². The van der Waals surface area contributed by atoms with Gasteiger partial charge in [-0.25, -0.2) is 4.79 Å². The first-order valence-electron chi connectivity index (χ1n) is 10.4. The molecule has 2 aromatic rings.